The molecule has 84 heavy (non-hydrogen) atoms. The molecule has 1 N–H and O–H groups in total. The first-order valence-corrected chi connectivity index (χ1v) is 34.7. The van der Waals surface area contributed by atoms with Crippen molar-refractivity contribution in [2.24, 2.45) is 0 Å². The SMILES string of the molecule is CC/C=C\C/C=C\C/C=C\C/C=C\C/C=C\C/C=C\C/C=C\C/C=C\C/C=C\C/C=C\CCCCCCCCCCCCC(=O)OC(COC(=O)CCCCCCCC/C=C\C/C=C\C/C=C\CCCCC)COP(=O)(O)OCC[N+](C)(C)C. The molecular weight excluding hydrogens is 1060 g/mol. The van der Waals surface area contributed by atoms with Gasteiger partial charge < -0.3 is 18.9 Å². The van der Waals surface area contributed by atoms with E-state index in [-0.39, 0.29) is 32.0 Å². The molecule has 0 aromatic heterocycles. The Morgan fingerprint density at radius 2 is 0.679 bits per heavy atom. The molecule has 2 unspecified atom stereocenters. The van der Waals surface area contributed by atoms with Crippen LogP contribution in [0, 0.1) is 0 Å². The molecule has 0 aliphatic carbocycles. The number of hydrogen-bond acceptors (Lipinski definition) is 7. The summed E-state index contributed by atoms with van der Waals surface area (Å²) in [6, 6.07) is 0. The number of nitrogens with zero attached hydrogens (tertiary/aromatic N) is 1. The summed E-state index contributed by atoms with van der Waals surface area (Å²) in [5.41, 5.74) is 0. The van der Waals surface area contributed by atoms with Crippen molar-refractivity contribution >= 4 is 19.8 Å². The van der Waals surface area contributed by atoms with Gasteiger partial charge in [0.25, 0.3) is 0 Å². The summed E-state index contributed by atoms with van der Waals surface area (Å²) >= 11 is 0. The molecule has 0 spiro atoms. The number of ether oxygens (including phenoxy) is 2. The molecule has 0 aromatic rings. The lowest BCUT2D eigenvalue weighted by Crippen LogP contribution is -2.37. The topological polar surface area (TPSA) is 108 Å². The summed E-state index contributed by atoms with van der Waals surface area (Å²) in [4.78, 5) is 35.8. The molecule has 0 aromatic carbocycles. The smallest absolute Gasteiger partial charge is 0.462 e. The minimum atomic E-state index is -4.40. The fourth-order valence-corrected chi connectivity index (χ4v) is 9.20. The van der Waals surface area contributed by atoms with Crippen LogP contribution in [-0.4, -0.2) is 74.9 Å². The van der Waals surface area contributed by atoms with Crippen molar-refractivity contribution in [1.29, 1.82) is 0 Å². The zero-order valence-electron chi connectivity index (χ0n) is 54.1. The van der Waals surface area contributed by atoms with Gasteiger partial charge in [0.05, 0.1) is 27.7 Å². The third-order valence-corrected chi connectivity index (χ3v) is 14.5. The molecule has 0 fully saturated rings. The van der Waals surface area contributed by atoms with Crippen LogP contribution in [0.15, 0.2) is 158 Å². The highest BCUT2D eigenvalue weighted by atomic mass is 31.2. The second-order valence-electron chi connectivity index (χ2n) is 22.8. The Kier molecular flexibility index (Phi) is 59.9. The number of esters is 2. The Balaban J connectivity index is 4.12. The van der Waals surface area contributed by atoms with Crippen LogP contribution in [0.1, 0.15) is 245 Å². The lowest BCUT2D eigenvalue weighted by Gasteiger charge is -2.24. The third kappa shape index (κ3) is 66.8. The molecule has 0 saturated carbocycles. The Morgan fingerprint density at radius 1 is 0.381 bits per heavy atom. The quantitative estimate of drug-likeness (QED) is 0.0211. The Bertz CT molecular complexity index is 1970. The molecule has 0 saturated heterocycles. The van der Waals surface area contributed by atoms with Crippen molar-refractivity contribution in [2.75, 3.05) is 47.5 Å². The maximum atomic E-state index is 12.9. The minimum Gasteiger partial charge on any atom is -0.462 e. The van der Waals surface area contributed by atoms with Crippen molar-refractivity contribution in [3.05, 3.63) is 158 Å². The number of allylic oxidation sites excluding steroid dienone is 26. The van der Waals surface area contributed by atoms with Crippen molar-refractivity contribution in [3.63, 3.8) is 0 Å². The van der Waals surface area contributed by atoms with Gasteiger partial charge >= 0.3 is 19.8 Å². The van der Waals surface area contributed by atoms with E-state index in [1.165, 1.54) is 77.0 Å². The van der Waals surface area contributed by atoms with Crippen LogP contribution in [0.3, 0.4) is 0 Å². The van der Waals surface area contributed by atoms with Crippen molar-refractivity contribution in [3.8, 4) is 0 Å². The lowest BCUT2D eigenvalue weighted by atomic mass is 10.0. The fraction of sp³-hybridized carbons (Fsp3) is 0.622. The maximum absolute atomic E-state index is 12.9. The highest BCUT2D eigenvalue weighted by molar-refractivity contribution is 7.47. The van der Waals surface area contributed by atoms with Crippen LogP contribution in [0.25, 0.3) is 0 Å². The molecule has 476 valence electrons. The molecule has 0 rings (SSSR count). The first-order chi connectivity index (χ1) is 41.0. The average molecular weight is 1190 g/mol. The van der Waals surface area contributed by atoms with Gasteiger partial charge in [-0.1, -0.05) is 262 Å². The first-order valence-electron chi connectivity index (χ1n) is 33.2. The number of likely N-dealkylation sites (N-methyl/N-ethyl adjacent to an activating group) is 1. The molecule has 2 atom stereocenters. The highest BCUT2D eigenvalue weighted by Gasteiger charge is 2.27. The van der Waals surface area contributed by atoms with E-state index in [1.54, 1.807) is 0 Å². The highest BCUT2D eigenvalue weighted by Crippen LogP contribution is 2.43. The summed E-state index contributed by atoms with van der Waals surface area (Å²) in [6.07, 6.45) is 94.7. The predicted molar refractivity (Wildman–Crippen MR) is 362 cm³/mol. The summed E-state index contributed by atoms with van der Waals surface area (Å²) < 4.78 is 34.6. The molecule has 10 heteroatoms. The van der Waals surface area contributed by atoms with Gasteiger partial charge in [-0.3, -0.25) is 18.6 Å². The van der Waals surface area contributed by atoms with Gasteiger partial charge in [0.15, 0.2) is 6.10 Å². The number of phosphoric ester groups is 1. The van der Waals surface area contributed by atoms with E-state index in [4.69, 9.17) is 18.5 Å². The van der Waals surface area contributed by atoms with Crippen LogP contribution in [0.5, 0.6) is 0 Å². The summed E-state index contributed by atoms with van der Waals surface area (Å²) in [6.45, 7) is 4.26. The van der Waals surface area contributed by atoms with E-state index in [0.29, 0.717) is 17.4 Å². The second-order valence-corrected chi connectivity index (χ2v) is 24.2. The Morgan fingerprint density at radius 3 is 1.01 bits per heavy atom. The summed E-state index contributed by atoms with van der Waals surface area (Å²) in [5.74, 6) is -0.825. The zero-order valence-corrected chi connectivity index (χ0v) is 55.0. The summed E-state index contributed by atoms with van der Waals surface area (Å²) in [5, 5.41) is 0. The van der Waals surface area contributed by atoms with Gasteiger partial charge in [-0.15, -0.1) is 0 Å². The van der Waals surface area contributed by atoms with Crippen LogP contribution < -0.4 is 0 Å². The molecule has 9 nitrogen and oxygen atoms in total. The van der Waals surface area contributed by atoms with E-state index >= 15 is 0 Å². The van der Waals surface area contributed by atoms with Crippen LogP contribution >= 0.6 is 7.82 Å². The van der Waals surface area contributed by atoms with Gasteiger partial charge in [-0.05, 0) is 128 Å². The zero-order chi connectivity index (χ0) is 61.2. The number of quaternary nitrogens is 1. The number of carbonyl (C=O) groups is 2. The molecule has 0 aliphatic heterocycles. The van der Waals surface area contributed by atoms with E-state index in [1.807, 2.05) is 21.1 Å². The van der Waals surface area contributed by atoms with Gasteiger partial charge in [0.1, 0.15) is 19.8 Å². The Hall–Kier alpha value is -4.37. The Labute approximate surface area is 516 Å². The fourth-order valence-electron chi connectivity index (χ4n) is 8.46. The predicted octanol–water partition coefficient (Wildman–Crippen LogP) is 21.6. The van der Waals surface area contributed by atoms with E-state index < -0.39 is 26.5 Å². The number of rotatable bonds is 59. The number of unbranched alkanes of at least 4 members (excludes halogenated alkanes) is 19. The lowest BCUT2D eigenvalue weighted by molar-refractivity contribution is -0.870. The van der Waals surface area contributed by atoms with Crippen molar-refractivity contribution in [2.45, 2.75) is 251 Å². The van der Waals surface area contributed by atoms with Gasteiger partial charge in [-0.2, -0.15) is 0 Å². The van der Waals surface area contributed by atoms with Crippen LogP contribution in [0.4, 0.5) is 0 Å². The van der Waals surface area contributed by atoms with Crippen molar-refractivity contribution < 1.29 is 42.1 Å². The normalized spacial score (nSPS) is 14.2. The first kappa shape index (κ1) is 79.6. The van der Waals surface area contributed by atoms with E-state index in [2.05, 4.69) is 172 Å². The average Bonchev–Trinajstić information content (AvgIpc) is 3.61. The monoisotopic (exact) mass is 1180 g/mol. The summed E-state index contributed by atoms with van der Waals surface area (Å²) in [7, 11) is 1.45. The molecule has 0 amide bonds. The number of phosphoric acid groups is 1. The molecular formula is C74H123NO8P+. The van der Waals surface area contributed by atoms with Gasteiger partial charge in [-0.25, -0.2) is 4.57 Å². The largest absolute Gasteiger partial charge is 0.472 e. The minimum absolute atomic E-state index is 0.0209. The second kappa shape index (κ2) is 63.1. The molecule has 0 heterocycles. The van der Waals surface area contributed by atoms with Crippen LogP contribution in [-0.2, 0) is 32.7 Å². The van der Waals surface area contributed by atoms with Crippen molar-refractivity contribution in [1.82, 2.24) is 0 Å². The maximum Gasteiger partial charge on any atom is 0.472 e. The molecule has 0 aliphatic rings. The molecule has 0 bridgehead atoms. The van der Waals surface area contributed by atoms with Crippen LogP contribution in [0.2, 0.25) is 0 Å². The third-order valence-electron chi connectivity index (χ3n) is 13.5. The molecule has 0 radical (unpaired) electrons. The number of hydrogen-bond donors (Lipinski definition) is 1. The van der Waals surface area contributed by atoms with Gasteiger partial charge in [0, 0.05) is 12.8 Å². The van der Waals surface area contributed by atoms with Gasteiger partial charge in [0.2, 0.25) is 0 Å². The van der Waals surface area contributed by atoms with E-state index in [0.717, 1.165) is 135 Å². The van der Waals surface area contributed by atoms with E-state index in [9.17, 15) is 19.0 Å². The standard InChI is InChI=1S/C74H122NO8P/c1-6-8-10-12-14-16-18-20-22-24-26-27-28-29-30-31-32-33-34-35-36-37-38-39-40-41-42-43-44-45-46-47-49-51-53-55-57-59-61-63-65-67-74(77)83-72(71-82-84(78,79)81-69-68-75(3,4)5)70-80-73(76)66-64-62-60-58-56-54-52-50-48-25-23-21-19-17-15-13-11-9-7-2/h8,10,14-17,20-23,26-27,29-30,32-33,35-36,38-39,41-42,44-45,48,50,72H,6-7,9,11-13,18-19,24-25,28,31,34,37,40,43,46-47,49,51-71H2,1-5H3/p+1/b10-8-,16-14-,17-15-,22-20-,23-21-,27-26-,30-29-,33-32-,36-35-,39-38-,42-41-,45-44-,50-48-. The number of carbonyl (C=O) groups excluding carboxylic acids is 2.